The molecule has 0 atom stereocenters. The van der Waals surface area contributed by atoms with Gasteiger partial charge in [-0.15, -0.1) is 0 Å². The first kappa shape index (κ1) is 14.7. The maximum atomic E-state index is 12.6. The number of ether oxygens (including phenoxy) is 1. The van der Waals surface area contributed by atoms with Crippen molar-refractivity contribution >= 4 is 32.5 Å². The number of hydrogen-bond acceptors (Lipinski definition) is 2. The zero-order valence-electron chi connectivity index (χ0n) is 12.1. The van der Waals surface area contributed by atoms with Crippen LogP contribution in [0.25, 0.3) is 10.8 Å². The summed E-state index contributed by atoms with van der Waals surface area (Å²) in [6.45, 7) is 2.79. The van der Waals surface area contributed by atoms with Gasteiger partial charge in [-0.25, -0.2) is 0 Å². The minimum absolute atomic E-state index is 0.249. The monoisotopic (exact) mass is 346 g/mol. The van der Waals surface area contributed by atoms with E-state index >= 15 is 0 Å². The molecule has 0 aromatic heterocycles. The predicted molar refractivity (Wildman–Crippen MR) is 88.7 cm³/mol. The average Bonchev–Trinajstić information content (AvgIpc) is 2.45. The van der Waals surface area contributed by atoms with E-state index in [1.165, 1.54) is 0 Å². The molecular weight excluding hydrogens is 328 g/mol. The molecule has 0 radical (unpaired) electrons. The molecule has 21 heavy (non-hydrogen) atoms. The Morgan fingerprint density at radius 2 is 1.90 bits per heavy atom. The van der Waals surface area contributed by atoms with Gasteiger partial charge in [-0.3, -0.25) is 4.79 Å². The number of carbonyl (C=O) groups is 1. The van der Waals surface area contributed by atoms with Crippen LogP contribution in [0.2, 0.25) is 0 Å². The second-order valence-electron chi connectivity index (χ2n) is 5.68. The molecule has 0 unspecified atom stereocenters. The predicted octanol–water partition coefficient (Wildman–Crippen LogP) is 4.99. The van der Waals surface area contributed by atoms with E-state index in [9.17, 15) is 4.79 Å². The Kier molecular flexibility index (Phi) is 4.41. The molecule has 0 amide bonds. The van der Waals surface area contributed by atoms with Gasteiger partial charge in [0.15, 0.2) is 5.78 Å². The Hall–Kier alpha value is -1.19. The van der Waals surface area contributed by atoms with Crippen molar-refractivity contribution in [2.75, 3.05) is 6.61 Å². The Balaban J connectivity index is 1.75. The van der Waals surface area contributed by atoms with E-state index < -0.39 is 0 Å². The van der Waals surface area contributed by atoms with Gasteiger partial charge in [0.2, 0.25) is 0 Å². The van der Waals surface area contributed by atoms with Crippen LogP contribution in [0, 0.1) is 5.92 Å². The summed E-state index contributed by atoms with van der Waals surface area (Å²) in [5, 5.41) is 2.14. The Morgan fingerprint density at radius 3 is 2.62 bits per heavy atom. The molecular formula is C18H19BrO2. The van der Waals surface area contributed by atoms with Crippen molar-refractivity contribution in [3.8, 4) is 0 Å². The lowest BCUT2D eigenvalue weighted by atomic mass is 9.78. The van der Waals surface area contributed by atoms with Crippen LogP contribution in [0.5, 0.6) is 0 Å². The SMILES string of the molecule is CCOC1CC(CC(=O)c2ccc(Br)c3ccccc23)C1. The summed E-state index contributed by atoms with van der Waals surface area (Å²) in [5.41, 5.74) is 0.841. The average molecular weight is 347 g/mol. The summed E-state index contributed by atoms with van der Waals surface area (Å²) in [7, 11) is 0. The van der Waals surface area contributed by atoms with E-state index in [-0.39, 0.29) is 5.78 Å². The summed E-state index contributed by atoms with van der Waals surface area (Å²) >= 11 is 3.55. The zero-order chi connectivity index (χ0) is 14.8. The fraction of sp³-hybridized carbons (Fsp3) is 0.389. The van der Waals surface area contributed by atoms with E-state index in [4.69, 9.17) is 4.74 Å². The van der Waals surface area contributed by atoms with Crippen molar-refractivity contribution in [2.45, 2.75) is 32.3 Å². The molecule has 3 heteroatoms. The highest BCUT2D eigenvalue weighted by molar-refractivity contribution is 9.10. The van der Waals surface area contributed by atoms with Gasteiger partial charge in [0, 0.05) is 23.1 Å². The molecule has 0 spiro atoms. The fourth-order valence-electron chi connectivity index (χ4n) is 3.09. The van der Waals surface area contributed by atoms with Crippen LogP contribution in [-0.2, 0) is 4.74 Å². The first-order valence-electron chi connectivity index (χ1n) is 7.51. The molecule has 1 aliphatic rings. The van der Waals surface area contributed by atoms with Crippen molar-refractivity contribution in [3.63, 3.8) is 0 Å². The molecule has 0 heterocycles. The minimum Gasteiger partial charge on any atom is -0.378 e. The third-order valence-corrected chi connectivity index (χ3v) is 4.93. The lowest BCUT2D eigenvalue weighted by Crippen LogP contribution is -2.32. The topological polar surface area (TPSA) is 26.3 Å². The lowest BCUT2D eigenvalue weighted by Gasteiger charge is -2.34. The molecule has 2 aromatic carbocycles. The standard InChI is InChI=1S/C18H19BrO2/c1-2-21-13-9-12(10-13)11-18(20)16-7-8-17(19)15-6-4-3-5-14(15)16/h3-8,12-13H,2,9-11H2,1H3. The van der Waals surface area contributed by atoms with E-state index in [1.54, 1.807) is 0 Å². The van der Waals surface area contributed by atoms with E-state index in [2.05, 4.69) is 15.9 Å². The number of halogens is 1. The van der Waals surface area contributed by atoms with Gasteiger partial charge in [0.05, 0.1) is 6.10 Å². The Morgan fingerprint density at radius 1 is 1.19 bits per heavy atom. The second-order valence-corrected chi connectivity index (χ2v) is 6.54. The molecule has 1 saturated carbocycles. The zero-order valence-corrected chi connectivity index (χ0v) is 13.7. The van der Waals surface area contributed by atoms with Gasteiger partial charge < -0.3 is 4.74 Å². The van der Waals surface area contributed by atoms with Gasteiger partial charge in [-0.2, -0.15) is 0 Å². The highest BCUT2D eigenvalue weighted by atomic mass is 79.9. The maximum Gasteiger partial charge on any atom is 0.163 e. The highest BCUT2D eigenvalue weighted by Gasteiger charge is 2.31. The number of hydrogen-bond donors (Lipinski definition) is 0. The van der Waals surface area contributed by atoms with Gasteiger partial charge >= 0.3 is 0 Å². The first-order chi connectivity index (χ1) is 10.2. The smallest absolute Gasteiger partial charge is 0.163 e. The van der Waals surface area contributed by atoms with Crippen LogP contribution in [0.1, 0.15) is 36.5 Å². The number of ketones is 1. The summed E-state index contributed by atoms with van der Waals surface area (Å²) in [4.78, 5) is 12.6. The van der Waals surface area contributed by atoms with Crippen molar-refractivity contribution in [2.24, 2.45) is 5.92 Å². The largest absolute Gasteiger partial charge is 0.378 e. The van der Waals surface area contributed by atoms with Crippen molar-refractivity contribution in [1.82, 2.24) is 0 Å². The third kappa shape index (κ3) is 3.04. The van der Waals surface area contributed by atoms with Crippen LogP contribution < -0.4 is 0 Å². The van der Waals surface area contributed by atoms with Crippen molar-refractivity contribution in [3.05, 3.63) is 46.4 Å². The maximum absolute atomic E-state index is 12.6. The molecule has 0 bridgehead atoms. The van der Waals surface area contributed by atoms with Gasteiger partial charge in [-0.1, -0.05) is 40.2 Å². The van der Waals surface area contributed by atoms with Gasteiger partial charge in [0.25, 0.3) is 0 Å². The molecule has 1 aliphatic carbocycles. The third-order valence-electron chi connectivity index (χ3n) is 4.24. The van der Waals surface area contributed by atoms with Crippen LogP contribution in [0.15, 0.2) is 40.9 Å². The van der Waals surface area contributed by atoms with E-state index in [0.29, 0.717) is 18.4 Å². The minimum atomic E-state index is 0.249. The number of rotatable bonds is 5. The molecule has 0 aliphatic heterocycles. The van der Waals surface area contributed by atoms with Crippen LogP contribution in [0.3, 0.4) is 0 Å². The molecule has 3 rings (SSSR count). The summed E-state index contributed by atoms with van der Waals surface area (Å²) in [6, 6.07) is 12.0. The van der Waals surface area contributed by atoms with Gasteiger partial charge in [-0.05, 0) is 48.6 Å². The van der Waals surface area contributed by atoms with Gasteiger partial charge in [0.1, 0.15) is 0 Å². The summed E-state index contributed by atoms with van der Waals surface area (Å²) < 4.78 is 6.60. The van der Waals surface area contributed by atoms with Crippen molar-refractivity contribution in [1.29, 1.82) is 0 Å². The van der Waals surface area contributed by atoms with Crippen LogP contribution >= 0.6 is 15.9 Å². The Bertz CT molecular complexity index is 659. The summed E-state index contributed by atoms with van der Waals surface area (Å²) in [6.07, 6.45) is 3.05. The first-order valence-corrected chi connectivity index (χ1v) is 8.30. The molecule has 110 valence electrons. The van der Waals surface area contributed by atoms with E-state index in [1.807, 2.05) is 43.3 Å². The molecule has 2 nitrogen and oxygen atoms in total. The lowest BCUT2D eigenvalue weighted by molar-refractivity contribution is -0.0245. The second kappa shape index (κ2) is 6.29. The highest BCUT2D eigenvalue weighted by Crippen LogP contribution is 2.35. The molecule has 0 N–H and O–H groups in total. The quantitative estimate of drug-likeness (QED) is 0.712. The molecule has 0 saturated heterocycles. The molecule has 1 fully saturated rings. The number of carbonyl (C=O) groups excluding carboxylic acids is 1. The summed E-state index contributed by atoms with van der Waals surface area (Å²) in [5.74, 6) is 0.732. The van der Waals surface area contributed by atoms with E-state index in [0.717, 1.165) is 40.3 Å². The number of fused-ring (bicyclic) bond motifs is 1. The fourth-order valence-corrected chi connectivity index (χ4v) is 3.57. The number of benzene rings is 2. The normalized spacial score (nSPS) is 21.2. The Labute approximate surface area is 133 Å². The van der Waals surface area contributed by atoms with Crippen LogP contribution in [0.4, 0.5) is 0 Å². The van der Waals surface area contributed by atoms with Crippen LogP contribution in [-0.4, -0.2) is 18.5 Å². The molecule has 2 aromatic rings. The van der Waals surface area contributed by atoms with Crippen molar-refractivity contribution < 1.29 is 9.53 Å². The number of Topliss-reactive ketones (excluding diaryl/α,β-unsaturated/α-hetero) is 1.